The molecule has 1 atom stereocenters. The molecule has 0 spiro atoms. The van der Waals surface area contributed by atoms with Gasteiger partial charge in [-0.25, -0.2) is 14.2 Å². The molecule has 0 aliphatic heterocycles. The van der Waals surface area contributed by atoms with Crippen molar-refractivity contribution in [2.75, 3.05) is 7.11 Å². The number of para-hydroxylation sites is 2. The second kappa shape index (κ2) is 9.35. The highest BCUT2D eigenvalue weighted by atomic mass is 19.2. The number of H-pyrrole nitrogens is 1. The highest BCUT2D eigenvalue weighted by molar-refractivity contribution is 5.76. The van der Waals surface area contributed by atoms with Crippen molar-refractivity contribution in [3.05, 3.63) is 59.4 Å². The van der Waals surface area contributed by atoms with Crippen molar-refractivity contribution in [3.8, 4) is 5.75 Å². The van der Waals surface area contributed by atoms with Crippen LogP contribution in [-0.4, -0.2) is 39.9 Å². The smallest absolute Gasteiger partial charge is 0.315 e. The minimum atomic E-state index is -1.07. The number of hydrogen-bond acceptors (Lipinski definition) is 4. The highest BCUT2D eigenvalue weighted by Gasteiger charge is 2.30. The summed E-state index contributed by atoms with van der Waals surface area (Å²) in [7, 11) is 1.27. The summed E-state index contributed by atoms with van der Waals surface area (Å²) in [6, 6.07) is 8.95. The number of methoxy groups -OCH3 is 1. The third kappa shape index (κ3) is 5.24. The molecule has 0 saturated heterocycles. The van der Waals surface area contributed by atoms with Gasteiger partial charge in [0.05, 0.1) is 29.8 Å². The van der Waals surface area contributed by atoms with Crippen molar-refractivity contribution in [3.63, 3.8) is 0 Å². The van der Waals surface area contributed by atoms with Gasteiger partial charge in [0, 0.05) is 12.5 Å². The van der Waals surface area contributed by atoms with E-state index in [0.29, 0.717) is 37.0 Å². The molecule has 1 aliphatic carbocycles. The van der Waals surface area contributed by atoms with Crippen LogP contribution in [0.15, 0.2) is 36.4 Å². The van der Waals surface area contributed by atoms with E-state index in [4.69, 9.17) is 4.74 Å². The van der Waals surface area contributed by atoms with E-state index in [-0.39, 0.29) is 23.8 Å². The van der Waals surface area contributed by atoms with Gasteiger partial charge in [-0.3, -0.25) is 0 Å². The first-order valence-corrected chi connectivity index (χ1v) is 11.0. The summed E-state index contributed by atoms with van der Waals surface area (Å²) in [5.74, 6) is -1.84. The number of nitrogens with one attached hydrogen (secondary N) is 3. The monoisotopic (exact) mass is 458 g/mol. The van der Waals surface area contributed by atoms with Crippen LogP contribution in [0.25, 0.3) is 11.0 Å². The maximum absolute atomic E-state index is 14.7. The molecule has 1 saturated carbocycles. The topological polar surface area (TPSA) is 99.3 Å². The minimum Gasteiger partial charge on any atom is -0.494 e. The van der Waals surface area contributed by atoms with Crippen LogP contribution >= 0.6 is 0 Å². The van der Waals surface area contributed by atoms with E-state index in [1.54, 1.807) is 6.92 Å². The van der Waals surface area contributed by atoms with Crippen LogP contribution in [0.2, 0.25) is 0 Å². The van der Waals surface area contributed by atoms with Crippen molar-refractivity contribution in [1.29, 1.82) is 0 Å². The summed E-state index contributed by atoms with van der Waals surface area (Å²) >= 11 is 0. The number of nitrogens with zero attached hydrogens (tertiary/aromatic N) is 1. The molecule has 4 rings (SSSR count). The molecule has 1 heterocycles. The van der Waals surface area contributed by atoms with E-state index >= 15 is 0 Å². The fraction of sp³-hybridized carbons (Fsp3) is 0.417. The minimum absolute atomic E-state index is 0.0145. The Kier molecular flexibility index (Phi) is 6.51. The average Bonchev–Trinajstić information content (AvgIpc) is 3.22. The number of amides is 2. The van der Waals surface area contributed by atoms with Gasteiger partial charge in [-0.2, -0.15) is 4.39 Å². The molecule has 176 valence electrons. The van der Waals surface area contributed by atoms with Gasteiger partial charge in [-0.1, -0.05) is 18.2 Å². The van der Waals surface area contributed by atoms with Gasteiger partial charge < -0.3 is 25.5 Å². The Hall–Kier alpha value is -3.20. The first-order valence-electron chi connectivity index (χ1n) is 11.0. The number of aromatic nitrogens is 2. The molecule has 0 bridgehead atoms. The molecule has 2 aromatic carbocycles. The van der Waals surface area contributed by atoms with E-state index < -0.39 is 29.3 Å². The third-order valence-corrected chi connectivity index (χ3v) is 6.21. The molecule has 3 aromatic rings. The van der Waals surface area contributed by atoms with Crippen LogP contribution in [0.5, 0.6) is 5.75 Å². The fourth-order valence-electron chi connectivity index (χ4n) is 4.23. The van der Waals surface area contributed by atoms with Crippen molar-refractivity contribution < 1.29 is 23.4 Å². The van der Waals surface area contributed by atoms with E-state index in [9.17, 15) is 18.7 Å². The van der Waals surface area contributed by atoms with Crippen LogP contribution in [0.4, 0.5) is 13.6 Å². The number of aliphatic hydroxyl groups is 1. The number of halogens is 2. The lowest BCUT2D eigenvalue weighted by Crippen LogP contribution is -2.47. The summed E-state index contributed by atoms with van der Waals surface area (Å²) < 4.78 is 33.8. The zero-order valence-corrected chi connectivity index (χ0v) is 18.6. The van der Waals surface area contributed by atoms with E-state index in [1.807, 2.05) is 24.3 Å². The molecule has 2 amide bonds. The van der Waals surface area contributed by atoms with Gasteiger partial charge in [0.2, 0.25) is 5.82 Å². The number of benzene rings is 2. The maximum atomic E-state index is 14.7. The van der Waals surface area contributed by atoms with Gasteiger partial charge >= 0.3 is 6.03 Å². The van der Waals surface area contributed by atoms with Crippen LogP contribution in [0.3, 0.4) is 0 Å². The number of fused-ring (bicyclic) bond motifs is 1. The third-order valence-electron chi connectivity index (χ3n) is 6.21. The predicted octanol–water partition coefficient (Wildman–Crippen LogP) is 4.13. The summed E-state index contributed by atoms with van der Waals surface area (Å²) in [5.41, 5.74) is 0.862. The lowest BCUT2D eigenvalue weighted by molar-refractivity contribution is 0.0151. The largest absolute Gasteiger partial charge is 0.494 e. The molecular weight excluding hydrogens is 430 g/mol. The van der Waals surface area contributed by atoms with Crippen molar-refractivity contribution in [2.24, 2.45) is 0 Å². The molecule has 1 fully saturated rings. The lowest BCUT2D eigenvalue weighted by atomic mass is 9.84. The Morgan fingerprint density at radius 2 is 1.97 bits per heavy atom. The predicted molar refractivity (Wildman–Crippen MR) is 120 cm³/mol. The van der Waals surface area contributed by atoms with Gasteiger partial charge in [0.1, 0.15) is 5.82 Å². The van der Waals surface area contributed by atoms with Crippen molar-refractivity contribution in [1.82, 2.24) is 20.6 Å². The SMILES string of the molecule is COc1ccc(CC(NC(=O)NC2CCC(C)(O)CC2)c2nc3ccccc3[nH]2)c(F)c1F. The van der Waals surface area contributed by atoms with Crippen molar-refractivity contribution in [2.45, 2.75) is 56.7 Å². The Labute approximate surface area is 190 Å². The number of aromatic amines is 1. The van der Waals surface area contributed by atoms with E-state index in [2.05, 4.69) is 20.6 Å². The summed E-state index contributed by atoms with van der Waals surface area (Å²) in [4.78, 5) is 20.5. The van der Waals surface area contributed by atoms with E-state index in [0.717, 1.165) is 5.52 Å². The Bertz CT molecular complexity index is 1100. The number of ether oxygens (including phenoxy) is 1. The zero-order chi connectivity index (χ0) is 23.6. The first-order chi connectivity index (χ1) is 15.8. The molecule has 33 heavy (non-hydrogen) atoms. The molecule has 7 nitrogen and oxygen atoms in total. The number of carbonyl (C=O) groups excluding carboxylic acids is 1. The van der Waals surface area contributed by atoms with Crippen LogP contribution < -0.4 is 15.4 Å². The highest BCUT2D eigenvalue weighted by Crippen LogP contribution is 2.29. The number of rotatable bonds is 6. The maximum Gasteiger partial charge on any atom is 0.315 e. The molecule has 1 unspecified atom stereocenters. The summed E-state index contributed by atoms with van der Waals surface area (Å²) in [6.07, 6.45) is 2.50. The number of imidazole rings is 1. The molecule has 0 radical (unpaired) electrons. The van der Waals surface area contributed by atoms with Crippen LogP contribution in [0.1, 0.15) is 50.0 Å². The van der Waals surface area contributed by atoms with Crippen LogP contribution in [-0.2, 0) is 6.42 Å². The first kappa shape index (κ1) is 23.0. The van der Waals surface area contributed by atoms with Crippen LogP contribution in [0, 0.1) is 11.6 Å². The zero-order valence-electron chi connectivity index (χ0n) is 18.6. The lowest BCUT2D eigenvalue weighted by Gasteiger charge is -2.33. The molecule has 1 aromatic heterocycles. The van der Waals surface area contributed by atoms with E-state index in [1.165, 1.54) is 19.2 Å². The summed E-state index contributed by atoms with van der Waals surface area (Å²) in [5, 5.41) is 15.9. The number of carbonyl (C=O) groups is 1. The van der Waals surface area contributed by atoms with Gasteiger partial charge in [0.25, 0.3) is 0 Å². The summed E-state index contributed by atoms with van der Waals surface area (Å²) in [6.45, 7) is 1.80. The Morgan fingerprint density at radius 3 is 2.67 bits per heavy atom. The normalized spacial score (nSPS) is 21.5. The number of hydrogen-bond donors (Lipinski definition) is 4. The fourth-order valence-corrected chi connectivity index (χ4v) is 4.23. The van der Waals surface area contributed by atoms with Gasteiger partial charge in [-0.15, -0.1) is 0 Å². The van der Waals surface area contributed by atoms with Gasteiger partial charge in [-0.05, 0) is 56.4 Å². The van der Waals surface area contributed by atoms with Crippen molar-refractivity contribution >= 4 is 17.1 Å². The molecular formula is C24H28F2N4O3. The van der Waals surface area contributed by atoms with Gasteiger partial charge in [0.15, 0.2) is 11.6 Å². The second-order valence-electron chi connectivity index (χ2n) is 8.84. The molecule has 9 heteroatoms. The Morgan fingerprint density at radius 1 is 1.24 bits per heavy atom. The number of urea groups is 1. The Balaban J connectivity index is 1.55. The average molecular weight is 459 g/mol. The second-order valence-corrected chi connectivity index (χ2v) is 8.84. The molecule has 1 aliphatic rings. The standard InChI is InChI=1S/C24H28F2N4O3/c1-24(32)11-9-15(10-12-24)27-23(31)30-18(22-28-16-5-3-4-6-17(16)29-22)13-14-7-8-19(33-2)21(26)20(14)25/h3-8,15,18,32H,9-13H2,1-2H3,(H,28,29)(H2,27,30,31). The molecule has 4 N–H and O–H groups in total. The quantitative estimate of drug-likeness (QED) is 0.446.